The van der Waals surface area contributed by atoms with Gasteiger partial charge in [0.15, 0.2) is 0 Å². The summed E-state index contributed by atoms with van der Waals surface area (Å²) < 4.78 is 0. The predicted molar refractivity (Wildman–Crippen MR) is 71.5 cm³/mol. The Labute approximate surface area is 106 Å². The highest BCUT2D eigenvalue weighted by molar-refractivity contribution is 5.03. The number of hydrogen-bond donors (Lipinski definition) is 1. The summed E-state index contributed by atoms with van der Waals surface area (Å²) in [6, 6.07) is 2.24. The Hall–Kier alpha value is -0.590. The van der Waals surface area contributed by atoms with Crippen molar-refractivity contribution in [2.24, 2.45) is 11.1 Å². The summed E-state index contributed by atoms with van der Waals surface area (Å²) in [6.45, 7) is 10.2. The highest BCUT2D eigenvalue weighted by Gasteiger charge is 2.27. The first-order valence-corrected chi connectivity index (χ1v) is 6.83. The van der Waals surface area contributed by atoms with E-state index in [2.05, 4.69) is 24.8 Å². The third kappa shape index (κ3) is 4.65. The van der Waals surface area contributed by atoms with E-state index in [0.717, 1.165) is 25.8 Å². The summed E-state index contributed by atoms with van der Waals surface area (Å²) in [4.78, 5) is 2.52. The van der Waals surface area contributed by atoms with Gasteiger partial charge in [-0.2, -0.15) is 5.26 Å². The SMILES string of the molecule is CCC(N)(C#N)CCCN1CCCC(C)(C)C1. The lowest BCUT2D eigenvalue weighted by molar-refractivity contribution is 0.115. The molecule has 1 heterocycles. The molecule has 0 aromatic heterocycles. The van der Waals surface area contributed by atoms with E-state index in [9.17, 15) is 0 Å². The van der Waals surface area contributed by atoms with Crippen molar-refractivity contribution in [2.75, 3.05) is 19.6 Å². The molecule has 1 unspecified atom stereocenters. The molecule has 1 atom stereocenters. The van der Waals surface area contributed by atoms with E-state index in [-0.39, 0.29) is 0 Å². The van der Waals surface area contributed by atoms with Crippen molar-refractivity contribution in [3.8, 4) is 6.07 Å². The van der Waals surface area contributed by atoms with Crippen LogP contribution in [0.25, 0.3) is 0 Å². The molecule has 0 bridgehead atoms. The van der Waals surface area contributed by atoms with Crippen molar-refractivity contribution in [3.63, 3.8) is 0 Å². The van der Waals surface area contributed by atoms with Gasteiger partial charge in [0.2, 0.25) is 0 Å². The van der Waals surface area contributed by atoms with Crippen LogP contribution in [0.1, 0.15) is 52.9 Å². The molecule has 0 aromatic rings. The largest absolute Gasteiger partial charge is 0.313 e. The molecule has 17 heavy (non-hydrogen) atoms. The highest BCUT2D eigenvalue weighted by Crippen LogP contribution is 2.28. The molecule has 0 amide bonds. The number of nitrogens with zero attached hydrogens (tertiary/aromatic N) is 2. The average Bonchev–Trinajstić information content (AvgIpc) is 2.27. The lowest BCUT2D eigenvalue weighted by Crippen LogP contribution is -2.42. The summed E-state index contributed by atoms with van der Waals surface area (Å²) in [7, 11) is 0. The first kappa shape index (κ1) is 14.5. The predicted octanol–water partition coefficient (Wildman–Crippen LogP) is 2.52. The fraction of sp³-hybridized carbons (Fsp3) is 0.929. The second-order valence-electron chi connectivity index (χ2n) is 6.27. The fourth-order valence-electron chi connectivity index (χ4n) is 2.67. The van der Waals surface area contributed by atoms with Crippen LogP contribution in [0.15, 0.2) is 0 Å². The Morgan fingerprint density at radius 3 is 2.71 bits per heavy atom. The second-order valence-corrected chi connectivity index (χ2v) is 6.27. The molecule has 0 saturated carbocycles. The molecule has 0 aliphatic carbocycles. The molecule has 98 valence electrons. The third-order valence-corrected chi connectivity index (χ3v) is 3.93. The van der Waals surface area contributed by atoms with E-state index >= 15 is 0 Å². The minimum Gasteiger partial charge on any atom is -0.313 e. The molecule has 0 aromatic carbocycles. The van der Waals surface area contributed by atoms with Gasteiger partial charge in [-0.15, -0.1) is 0 Å². The quantitative estimate of drug-likeness (QED) is 0.799. The number of nitrogens with two attached hydrogens (primary N) is 1. The molecule has 1 aliphatic rings. The van der Waals surface area contributed by atoms with E-state index in [1.54, 1.807) is 0 Å². The lowest BCUT2D eigenvalue weighted by Gasteiger charge is -2.38. The van der Waals surface area contributed by atoms with Crippen molar-refractivity contribution < 1.29 is 0 Å². The van der Waals surface area contributed by atoms with Crippen molar-refractivity contribution in [1.29, 1.82) is 5.26 Å². The first-order valence-electron chi connectivity index (χ1n) is 6.83. The standard InChI is InChI=1S/C14H27N3/c1-4-14(16,11-15)8-6-10-17-9-5-7-13(2,3)12-17/h4-10,12,16H2,1-3H3. The van der Waals surface area contributed by atoms with Gasteiger partial charge in [-0.05, 0) is 50.6 Å². The van der Waals surface area contributed by atoms with Crippen LogP contribution in [-0.2, 0) is 0 Å². The molecule has 0 spiro atoms. The molecule has 3 heteroatoms. The van der Waals surface area contributed by atoms with Gasteiger partial charge in [0, 0.05) is 6.54 Å². The van der Waals surface area contributed by atoms with E-state index in [1.807, 2.05) is 6.92 Å². The Morgan fingerprint density at radius 1 is 1.47 bits per heavy atom. The Bertz CT molecular complexity index is 280. The normalized spacial score (nSPS) is 23.9. The maximum atomic E-state index is 9.02. The number of rotatable bonds is 5. The first-order chi connectivity index (χ1) is 7.91. The maximum absolute atomic E-state index is 9.02. The van der Waals surface area contributed by atoms with E-state index in [0.29, 0.717) is 5.41 Å². The third-order valence-electron chi connectivity index (χ3n) is 3.93. The Balaban J connectivity index is 2.30. The average molecular weight is 237 g/mol. The smallest absolute Gasteiger partial charge is 0.104 e. The van der Waals surface area contributed by atoms with Crippen LogP contribution in [0, 0.1) is 16.7 Å². The van der Waals surface area contributed by atoms with Gasteiger partial charge in [-0.1, -0.05) is 20.8 Å². The van der Waals surface area contributed by atoms with Gasteiger partial charge in [0.05, 0.1) is 6.07 Å². The minimum absolute atomic E-state index is 0.456. The van der Waals surface area contributed by atoms with Gasteiger partial charge in [-0.25, -0.2) is 0 Å². The summed E-state index contributed by atoms with van der Waals surface area (Å²) in [5.41, 5.74) is 5.84. The molecule has 0 radical (unpaired) electrons. The van der Waals surface area contributed by atoms with E-state index < -0.39 is 5.54 Å². The van der Waals surface area contributed by atoms with E-state index in [1.165, 1.54) is 25.9 Å². The molecular weight excluding hydrogens is 210 g/mol. The molecule has 2 N–H and O–H groups in total. The van der Waals surface area contributed by atoms with Gasteiger partial charge in [0.25, 0.3) is 0 Å². The number of hydrogen-bond acceptors (Lipinski definition) is 3. The zero-order valence-electron chi connectivity index (χ0n) is 11.6. The Morgan fingerprint density at radius 2 is 2.18 bits per heavy atom. The molecule has 1 saturated heterocycles. The van der Waals surface area contributed by atoms with Crippen LogP contribution < -0.4 is 5.73 Å². The van der Waals surface area contributed by atoms with Crippen LogP contribution in [-0.4, -0.2) is 30.1 Å². The van der Waals surface area contributed by atoms with Crippen LogP contribution in [0.2, 0.25) is 0 Å². The van der Waals surface area contributed by atoms with Crippen LogP contribution in [0.5, 0.6) is 0 Å². The van der Waals surface area contributed by atoms with Crippen LogP contribution >= 0.6 is 0 Å². The number of likely N-dealkylation sites (tertiary alicyclic amines) is 1. The minimum atomic E-state index is -0.606. The summed E-state index contributed by atoms with van der Waals surface area (Å²) >= 11 is 0. The molecule has 1 aliphatic heterocycles. The maximum Gasteiger partial charge on any atom is 0.104 e. The lowest BCUT2D eigenvalue weighted by atomic mass is 9.84. The summed E-state index contributed by atoms with van der Waals surface area (Å²) in [6.07, 6.45) is 5.23. The van der Waals surface area contributed by atoms with Crippen molar-refractivity contribution in [3.05, 3.63) is 0 Å². The van der Waals surface area contributed by atoms with Gasteiger partial charge < -0.3 is 10.6 Å². The van der Waals surface area contributed by atoms with Gasteiger partial charge in [0.1, 0.15) is 5.54 Å². The zero-order valence-corrected chi connectivity index (χ0v) is 11.6. The number of nitriles is 1. The van der Waals surface area contributed by atoms with Gasteiger partial charge in [-0.3, -0.25) is 0 Å². The fourth-order valence-corrected chi connectivity index (χ4v) is 2.67. The second kappa shape index (κ2) is 5.84. The molecular formula is C14H27N3. The molecule has 1 fully saturated rings. The Kier molecular flexibility index (Phi) is 4.97. The highest BCUT2D eigenvalue weighted by atomic mass is 15.1. The summed E-state index contributed by atoms with van der Waals surface area (Å²) in [5.74, 6) is 0. The number of piperidine rings is 1. The van der Waals surface area contributed by atoms with E-state index in [4.69, 9.17) is 11.0 Å². The topological polar surface area (TPSA) is 53.1 Å². The van der Waals surface area contributed by atoms with Crippen molar-refractivity contribution in [2.45, 2.75) is 58.4 Å². The molecule has 3 nitrogen and oxygen atoms in total. The van der Waals surface area contributed by atoms with Crippen LogP contribution in [0.4, 0.5) is 0 Å². The van der Waals surface area contributed by atoms with Crippen molar-refractivity contribution >= 4 is 0 Å². The monoisotopic (exact) mass is 237 g/mol. The summed E-state index contributed by atoms with van der Waals surface area (Å²) in [5, 5.41) is 9.02. The molecule has 1 rings (SSSR count). The van der Waals surface area contributed by atoms with Gasteiger partial charge >= 0.3 is 0 Å². The van der Waals surface area contributed by atoms with Crippen LogP contribution in [0.3, 0.4) is 0 Å². The zero-order chi connectivity index (χ0) is 12.9. The van der Waals surface area contributed by atoms with Crippen molar-refractivity contribution in [1.82, 2.24) is 4.90 Å².